The highest BCUT2D eigenvalue weighted by Crippen LogP contribution is 2.66. The number of allylic oxidation sites excluding steroid dienone is 1. The number of aromatic nitrogens is 2. The van der Waals surface area contributed by atoms with Crippen LogP contribution in [-0.2, 0) is 31.6 Å². The summed E-state index contributed by atoms with van der Waals surface area (Å²) in [7, 11) is -16.9. The molecule has 1 aliphatic carbocycles. The highest BCUT2D eigenvalue weighted by molar-refractivity contribution is 7.66. The van der Waals surface area contributed by atoms with E-state index in [-0.39, 0.29) is 42.0 Å². The Hall–Kier alpha value is -3.80. The van der Waals surface area contributed by atoms with E-state index in [0.29, 0.717) is 0 Å². The third kappa shape index (κ3) is 7.04. The summed E-state index contributed by atoms with van der Waals surface area (Å²) in [6.45, 7) is 0.908. The topological polar surface area (TPSA) is 285 Å². The number of aliphatic hydroxyl groups excluding tert-OH is 1. The molecular weight excluding hydrogens is 735 g/mol. The Labute approximate surface area is 287 Å². The average Bonchev–Trinajstić information content (AvgIpc) is 3.71. The summed E-state index contributed by atoms with van der Waals surface area (Å²) in [5, 5.41) is 14.4. The van der Waals surface area contributed by atoms with Gasteiger partial charge in [0.25, 0.3) is 11.5 Å². The van der Waals surface area contributed by atoms with E-state index in [1.165, 1.54) is 15.4 Å². The van der Waals surface area contributed by atoms with Gasteiger partial charge in [-0.1, -0.05) is 37.3 Å². The fourth-order valence-electron chi connectivity index (χ4n) is 6.44. The zero-order valence-electron chi connectivity index (χ0n) is 26.3. The number of nitrogen functional groups attached to an aromatic ring is 1. The maximum atomic E-state index is 14.2. The number of H-pyrrole nitrogens is 1. The molecule has 4 aromatic rings. The third-order valence-electron chi connectivity index (χ3n) is 8.69. The largest absolute Gasteiger partial charge is 0.490 e. The standard InChI is InChI=1S/C29H30N5O14P3/c1-14-2-3-16-8-17-6-4-15-5-7-18(9-20(15)21(17)10-19(14)16)28(37)34-13-33(26-25(34)27(36)32-29(30)31-26)24-11-22(35)23(46-24)12-45-50(41,42)48-51(43,44)47-49(38,39)40/h2-10,14,22-24,35H,11-13H2,1H3,(H,41,42)(H,43,44)(H2,38,39,40)(H3,30,31,32,36)/t14?,22-,23+,24+/m0/s1. The number of amides is 1. The van der Waals surface area contributed by atoms with Gasteiger partial charge in [-0.15, -0.1) is 0 Å². The van der Waals surface area contributed by atoms with Crippen molar-refractivity contribution in [3.05, 3.63) is 75.6 Å². The highest BCUT2D eigenvalue weighted by atomic mass is 31.3. The molecule has 22 heteroatoms. The molecule has 3 aromatic carbocycles. The number of phosphoric acid groups is 3. The van der Waals surface area contributed by atoms with Crippen molar-refractivity contribution in [1.29, 1.82) is 0 Å². The van der Waals surface area contributed by atoms with Gasteiger partial charge in [0.1, 0.15) is 19.0 Å². The number of rotatable bonds is 9. The number of nitrogens with one attached hydrogen (secondary N) is 1. The molecule has 0 spiro atoms. The number of nitrogens with zero attached hydrogens (tertiary/aromatic N) is 3. The van der Waals surface area contributed by atoms with Crippen molar-refractivity contribution in [2.45, 2.75) is 37.7 Å². The van der Waals surface area contributed by atoms with E-state index in [4.69, 9.17) is 20.3 Å². The number of nitrogens with two attached hydrogens (primary N) is 1. The predicted octanol–water partition coefficient (Wildman–Crippen LogP) is 3.03. The fourth-order valence-corrected chi connectivity index (χ4v) is 9.47. The Morgan fingerprint density at radius 2 is 1.75 bits per heavy atom. The first-order chi connectivity index (χ1) is 23.9. The molecule has 19 nitrogen and oxygen atoms in total. The number of carbonyl (C=O) groups is 1. The van der Waals surface area contributed by atoms with Crippen LogP contribution in [0.1, 0.15) is 40.7 Å². The summed E-state index contributed by atoms with van der Waals surface area (Å²) in [5.74, 6) is -0.622. The second-order valence-corrected chi connectivity index (χ2v) is 16.6. The van der Waals surface area contributed by atoms with E-state index in [1.54, 1.807) is 12.1 Å². The molecule has 8 N–H and O–H groups in total. The zero-order chi connectivity index (χ0) is 36.6. The minimum Gasteiger partial charge on any atom is -0.390 e. The van der Waals surface area contributed by atoms with Gasteiger partial charge in [-0.05, 0) is 62.9 Å². The van der Waals surface area contributed by atoms with Gasteiger partial charge < -0.3 is 40.1 Å². The summed E-state index contributed by atoms with van der Waals surface area (Å²) in [6.07, 6.45) is 0.159. The van der Waals surface area contributed by atoms with Gasteiger partial charge in [-0.3, -0.25) is 24.0 Å². The SMILES string of the molecule is CC1C=Cc2cc3ccc4ccc(C(=O)N5CN([C@H]6C[C@H](O)[C@@H](COP(=O)(O)OP(=O)(O)OP(=O)(O)O)O6)c6nc(N)[nH]c(=O)c65)cc4c3cc21. The van der Waals surface area contributed by atoms with Crippen LogP contribution in [0, 0.1) is 0 Å². The third-order valence-corrected chi connectivity index (χ3v) is 12.5. The van der Waals surface area contributed by atoms with Gasteiger partial charge in [0.15, 0.2) is 11.5 Å². The van der Waals surface area contributed by atoms with Crippen molar-refractivity contribution in [2.75, 3.05) is 28.8 Å². The van der Waals surface area contributed by atoms with Crippen LogP contribution < -0.4 is 21.1 Å². The molecule has 1 fully saturated rings. The number of benzene rings is 3. The molecule has 3 aliphatic rings. The number of hydrogen-bond donors (Lipinski definition) is 7. The van der Waals surface area contributed by atoms with Gasteiger partial charge in [-0.25, -0.2) is 13.7 Å². The molecule has 3 unspecified atom stereocenters. The van der Waals surface area contributed by atoms with Crippen molar-refractivity contribution in [3.8, 4) is 0 Å². The van der Waals surface area contributed by atoms with Gasteiger partial charge in [0.05, 0.1) is 12.7 Å². The van der Waals surface area contributed by atoms with Crippen LogP contribution in [0.2, 0.25) is 0 Å². The first-order valence-electron chi connectivity index (χ1n) is 15.2. The minimum atomic E-state index is -5.77. The molecule has 0 bridgehead atoms. The van der Waals surface area contributed by atoms with E-state index >= 15 is 0 Å². The Morgan fingerprint density at radius 1 is 1.04 bits per heavy atom. The molecular formula is C29H30N5O14P3. The zero-order valence-corrected chi connectivity index (χ0v) is 29.0. The lowest BCUT2D eigenvalue weighted by Crippen LogP contribution is -2.41. The molecule has 0 radical (unpaired) electrons. The number of carbonyl (C=O) groups excluding carboxylic acids is 1. The van der Waals surface area contributed by atoms with Crippen molar-refractivity contribution in [1.82, 2.24) is 9.97 Å². The van der Waals surface area contributed by atoms with E-state index in [2.05, 4.69) is 54.3 Å². The normalized spacial score (nSPS) is 23.8. The molecule has 2 aliphatic heterocycles. The number of ether oxygens (including phenoxy) is 1. The summed E-state index contributed by atoms with van der Waals surface area (Å²) >= 11 is 0. The van der Waals surface area contributed by atoms with Gasteiger partial charge >= 0.3 is 23.5 Å². The average molecular weight is 766 g/mol. The summed E-state index contributed by atoms with van der Waals surface area (Å²) < 4.78 is 52.6. The maximum Gasteiger partial charge on any atom is 0.490 e. The van der Waals surface area contributed by atoms with Crippen LogP contribution >= 0.6 is 23.5 Å². The first kappa shape index (κ1) is 35.6. The van der Waals surface area contributed by atoms with Crippen LogP contribution in [0.25, 0.3) is 27.6 Å². The number of anilines is 3. The molecule has 51 heavy (non-hydrogen) atoms. The lowest BCUT2D eigenvalue weighted by Gasteiger charge is -2.26. The molecule has 7 rings (SSSR count). The van der Waals surface area contributed by atoms with E-state index in [1.807, 2.05) is 18.2 Å². The van der Waals surface area contributed by atoms with Crippen LogP contribution in [0.4, 0.5) is 17.5 Å². The summed E-state index contributed by atoms with van der Waals surface area (Å²) in [5.41, 5.74) is 7.56. The summed E-state index contributed by atoms with van der Waals surface area (Å²) in [6, 6.07) is 13.4. The lowest BCUT2D eigenvalue weighted by molar-refractivity contribution is -0.0215. The molecule has 1 aromatic heterocycles. The maximum absolute atomic E-state index is 14.2. The smallest absolute Gasteiger partial charge is 0.390 e. The molecule has 6 atom stereocenters. The Morgan fingerprint density at radius 3 is 2.49 bits per heavy atom. The molecule has 270 valence electrons. The minimum absolute atomic E-state index is 0.0429. The number of phosphoric ester groups is 1. The molecule has 3 heterocycles. The van der Waals surface area contributed by atoms with E-state index in [9.17, 15) is 38.2 Å². The number of aromatic amines is 1. The van der Waals surface area contributed by atoms with E-state index in [0.717, 1.165) is 27.1 Å². The van der Waals surface area contributed by atoms with Crippen LogP contribution in [0.5, 0.6) is 0 Å². The molecule has 0 saturated carbocycles. The van der Waals surface area contributed by atoms with E-state index < -0.39 is 60.0 Å². The van der Waals surface area contributed by atoms with Crippen molar-refractivity contribution in [3.63, 3.8) is 0 Å². The summed E-state index contributed by atoms with van der Waals surface area (Å²) in [4.78, 5) is 73.2. The van der Waals surface area contributed by atoms with Crippen LogP contribution in [-0.4, -0.2) is 72.3 Å². The van der Waals surface area contributed by atoms with Crippen molar-refractivity contribution in [2.24, 2.45) is 0 Å². The van der Waals surface area contributed by atoms with Crippen LogP contribution in [0.3, 0.4) is 0 Å². The first-order valence-corrected chi connectivity index (χ1v) is 19.7. The number of fused-ring (bicyclic) bond motifs is 5. The van der Waals surface area contributed by atoms with Gasteiger partial charge in [0.2, 0.25) is 5.95 Å². The molecule has 1 saturated heterocycles. The predicted molar refractivity (Wildman–Crippen MR) is 181 cm³/mol. The highest BCUT2D eigenvalue weighted by Gasteiger charge is 2.46. The monoisotopic (exact) mass is 765 g/mol. The van der Waals surface area contributed by atoms with Gasteiger partial charge in [0, 0.05) is 12.0 Å². The molecule has 1 amide bonds. The second-order valence-electron chi connectivity index (χ2n) is 12.1. The van der Waals surface area contributed by atoms with Gasteiger partial charge in [-0.2, -0.15) is 13.6 Å². The van der Waals surface area contributed by atoms with Crippen molar-refractivity contribution >= 4 is 74.4 Å². The quantitative estimate of drug-likeness (QED) is 0.0952. The Balaban J connectivity index is 1.13. The Bertz CT molecular complexity index is 2350. The Kier molecular flexibility index (Phi) is 8.87. The number of aliphatic hydroxyl groups is 1. The second kappa shape index (κ2) is 12.7. The number of hydrogen-bond acceptors (Lipinski definition) is 13. The van der Waals surface area contributed by atoms with Crippen LogP contribution in [0.15, 0.2) is 53.3 Å². The van der Waals surface area contributed by atoms with Crippen molar-refractivity contribution < 1.29 is 61.1 Å². The lowest BCUT2D eigenvalue weighted by atomic mass is 9.94. The fraction of sp³-hybridized carbons (Fsp3) is 0.276.